The molecular weight excluding hydrogens is 436 g/mol. The smallest absolute Gasteiger partial charge is 0.255 e. The molecule has 0 aliphatic carbocycles. The molecule has 3 rings (SSSR count). The van der Waals surface area contributed by atoms with Crippen LogP contribution in [0.25, 0.3) is 0 Å². The molecule has 1 amide bonds. The fourth-order valence-corrected chi connectivity index (χ4v) is 3.81. The Labute approximate surface area is 165 Å². The van der Waals surface area contributed by atoms with Crippen molar-refractivity contribution in [3.8, 4) is 11.5 Å². The summed E-state index contributed by atoms with van der Waals surface area (Å²) in [5.41, 5.74) is 0.841. The number of halogens is 1. The first-order valence-electron chi connectivity index (χ1n) is 8.02. The third kappa shape index (κ3) is 4.49. The molecule has 0 bridgehead atoms. The molecule has 7 nitrogen and oxygen atoms in total. The van der Waals surface area contributed by atoms with Crippen LogP contribution < -0.4 is 19.5 Å². The van der Waals surface area contributed by atoms with Gasteiger partial charge in [0.05, 0.1) is 10.6 Å². The van der Waals surface area contributed by atoms with E-state index in [9.17, 15) is 13.2 Å². The van der Waals surface area contributed by atoms with Crippen molar-refractivity contribution in [1.29, 1.82) is 0 Å². The van der Waals surface area contributed by atoms with Gasteiger partial charge in [0, 0.05) is 28.7 Å². The lowest BCUT2D eigenvalue weighted by molar-refractivity contribution is 0.102. The highest BCUT2D eigenvalue weighted by Gasteiger charge is 2.18. The molecule has 1 heterocycles. The topological polar surface area (TPSA) is 93.7 Å². The molecule has 0 radical (unpaired) electrons. The molecule has 0 fully saturated rings. The zero-order valence-corrected chi connectivity index (χ0v) is 16.6. The number of amides is 1. The average Bonchev–Trinajstić information content (AvgIpc) is 2.67. The van der Waals surface area contributed by atoms with Crippen molar-refractivity contribution < 1.29 is 22.7 Å². The number of benzene rings is 2. The summed E-state index contributed by atoms with van der Waals surface area (Å²) in [5, 5.41) is 2.77. The minimum Gasteiger partial charge on any atom is -0.486 e. The highest BCUT2D eigenvalue weighted by Crippen LogP contribution is 2.38. The Balaban J connectivity index is 1.76. The molecule has 0 atom stereocenters. The van der Waals surface area contributed by atoms with Crippen LogP contribution in [0.2, 0.25) is 0 Å². The van der Waals surface area contributed by atoms with Gasteiger partial charge in [0.25, 0.3) is 5.91 Å². The Morgan fingerprint density at radius 3 is 2.41 bits per heavy atom. The summed E-state index contributed by atoms with van der Waals surface area (Å²) in [6, 6.07) is 9.05. The number of fused-ring (bicyclic) bond motifs is 1. The lowest BCUT2D eigenvalue weighted by atomic mass is 10.2. The van der Waals surface area contributed by atoms with Crippen LogP contribution in [0.1, 0.15) is 10.4 Å². The zero-order chi connectivity index (χ0) is 19.4. The largest absolute Gasteiger partial charge is 0.486 e. The highest BCUT2D eigenvalue weighted by molar-refractivity contribution is 9.10. The van der Waals surface area contributed by atoms with Crippen LogP contribution in [0.15, 0.2) is 58.4 Å². The lowest BCUT2D eigenvalue weighted by Gasteiger charge is -2.20. The third-order valence-corrected chi connectivity index (χ3v) is 5.82. The number of nitrogens with one attached hydrogen (secondary N) is 2. The van der Waals surface area contributed by atoms with Gasteiger partial charge in [-0.3, -0.25) is 4.79 Å². The molecule has 0 aromatic heterocycles. The zero-order valence-electron chi connectivity index (χ0n) is 14.2. The first-order valence-corrected chi connectivity index (χ1v) is 10.3. The van der Waals surface area contributed by atoms with Gasteiger partial charge in [0.15, 0.2) is 11.5 Å². The van der Waals surface area contributed by atoms with Gasteiger partial charge in [0.1, 0.15) is 13.2 Å². The Hall–Kier alpha value is -2.36. The predicted molar refractivity (Wildman–Crippen MR) is 105 cm³/mol. The van der Waals surface area contributed by atoms with Gasteiger partial charge in [-0.05, 0) is 40.2 Å². The van der Waals surface area contributed by atoms with Crippen molar-refractivity contribution in [3.05, 3.63) is 59.1 Å². The van der Waals surface area contributed by atoms with E-state index in [1.165, 1.54) is 30.3 Å². The number of hydrogen-bond acceptors (Lipinski definition) is 5. The molecule has 2 aromatic carbocycles. The quantitative estimate of drug-likeness (QED) is 0.657. The summed E-state index contributed by atoms with van der Waals surface area (Å²) in [7, 11) is -3.63. The standard InChI is InChI=1S/C18H17BrN2O5S/c1-2-7-20-27(23,24)13-5-3-12(4-6-13)18(22)21-15-11-17-16(10-14(15)19)25-8-9-26-17/h2-6,10-11,20H,1,7-9H2,(H,21,22). The maximum absolute atomic E-state index is 12.5. The van der Waals surface area contributed by atoms with Crippen LogP contribution in [0, 0.1) is 0 Å². The van der Waals surface area contributed by atoms with Crippen molar-refractivity contribution in [1.82, 2.24) is 4.72 Å². The molecule has 0 unspecified atom stereocenters. The molecule has 2 aromatic rings. The van der Waals surface area contributed by atoms with E-state index in [0.717, 1.165) is 0 Å². The first kappa shape index (κ1) is 19.4. The summed E-state index contributed by atoms with van der Waals surface area (Å²) < 4.78 is 38.1. The monoisotopic (exact) mass is 452 g/mol. The number of ether oxygens (including phenoxy) is 2. The van der Waals surface area contributed by atoms with Crippen LogP contribution in [0.4, 0.5) is 5.69 Å². The summed E-state index contributed by atoms with van der Waals surface area (Å²) in [5.74, 6) is 0.776. The van der Waals surface area contributed by atoms with Gasteiger partial charge in [-0.15, -0.1) is 6.58 Å². The van der Waals surface area contributed by atoms with E-state index in [1.54, 1.807) is 12.1 Å². The number of carbonyl (C=O) groups is 1. The fraction of sp³-hybridized carbons (Fsp3) is 0.167. The number of sulfonamides is 1. The Morgan fingerprint density at radius 2 is 1.78 bits per heavy atom. The first-order chi connectivity index (χ1) is 12.9. The SMILES string of the molecule is C=CCNS(=O)(=O)c1ccc(C(=O)Nc2cc3c(cc2Br)OCCO3)cc1. The summed E-state index contributed by atoms with van der Waals surface area (Å²) in [4.78, 5) is 12.6. The third-order valence-electron chi connectivity index (χ3n) is 3.72. The van der Waals surface area contributed by atoms with E-state index in [0.29, 0.717) is 40.4 Å². The molecule has 2 N–H and O–H groups in total. The predicted octanol–water partition coefficient (Wildman–Crippen LogP) is 2.94. The van der Waals surface area contributed by atoms with E-state index >= 15 is 0 Å². The van der Waals surface area contributed by atoms with Crippen molar-refractivity contribution >= 4 is 37.5 Å². The molecular formula is C18H17BrN2O5S. The van der Waals surface area contributed by atoms with Crippen molar-refractivity contribution in [2.24, 2.45) is 0 Å². The van der Waals surface area contributed by atoms with Gasteiger partial charge in [-0.1, -0.05) is 6.08 Å². The summed E-state index contributed by atoms with van der Waals surface area (Å²) in [6.07, 6.45) is 1.45. The second kappa shape index (κ2) is 8.12. The van der Waals surface area contributed by atoms with Gasteiger partial charge in [0.2, 0.25) is 10.0 Å². The van der Waals surface area contributed by atoms with E-state index in [-0.39, 0.29) is 17.3 Å². The number of hydrogen-bond donors (Lipinski definition) is 2. The average molecular weight is 453 g/mol. The van der Waals surface area contributed by atoms with E-state index in [2.05, 4.69) is 32.5 Å². The van der Waals surface area contributed by atoms with Crippen LogP contribution in [0.5, 0.6) is 11.5 Å². The second-order valence-electron chi connectivity index (χ2n) is 5.59. The fourth-order valence-electron chi connectivity index (χ4n) is 2.39. The molecule has 142 valence electrons. The normalized spacial score (nSPS) is 13.1. The van der Waals surface area contributed by atoms with E-state index in [4.69, 9.17) is 9.47 Å². The van der Waals surface area contributed by atoms with E-state index < -0.39 is 10.0 Å². The minimum absolute atomic E-state index is 0.0708. The number of carbonyl (C=O) groups excluding carboxylic acids is 1. The van der Waals surface area contributed by atoms with Crippen LogP contribution in [-0.2, 0) is 10.0 Å². The Morgan fingerprint density at radius 1 is 1.15 bits per heavy atom. The molecule has 0 saturated carbocycles. The summed E-state index contributed by atoms with van der Waals surface area (Å²) in [6.45, 7) is 4.51. The van der Waals surface area contributed by atoms with Crippen molar-refractivity contribution in [2.75, 3.05) is 25.1 Å². The van der Waals surface area contributed by atoms with Gasteiger partial charge in [-0.2, -0.15) is 0 Å². The number of rotatable bonds is 6. The molecule has 1 aliphatic rings. The Kier molecular flexibility index (Phi) is 5.83. The molecule has 27 heavy (non-hydrogen) atoms. The van der Waals surface area contributed by atoms with Crippen LogP contribution >= 0.6 is 15.9 Å². The van der Waals surface area contributed by atoms with Gasteiger partial charge < -0.3 is 14.8 Å². The molecule has 0 saturated heterocycles. The maximum Gasteiger partial charge on any atom is 0.255 e. The molecule has 9 heteroatoms. The number of anilines is 1. The van der Waals surface area contributed by atoms with Crippen molar-refractivity contribution in [2.45, 2.75) is 4.90 Å². The lowest BCUT2D eigenvalue weighted by Crippen LogP contribution is -2.23. The van der Waals surface area contributed by atoms with Crippen LogP contribution in [-0.4, -0.2) is 34.1 Å². The second-order valence-corrected chi connectivity index (χ2v) is 8.22. The minimum atomic E-state index is -3.63. The summed E-state index contributed by atoms with van der Waals surface area (Å²) >= 11 is 3.39. The van der Waals surface area contributed by atoms with E-state index in [1.807, 2.05) is 0 Å². The highest BCUT2D eigenvalue weighted by atomic mass is 79.9. The Bertz CT molecular complexity index is 974. The van der Waals surface area contributed by atoms with Crippen LogP contribution in [0.3, 0.4) is 0 Å². The van der Waals surface area contributed by atoms with Crippen molar-refractivity contribution in [3.63, 3.8) is 0 Å². The van der Waals surface area contributed by atoms with Gasteiger partial charge in [-0.25, -0.2) is 13.1 Å². The maximum atomic E-state index is 12.5. The molecule has 1 aliphatic heterocycles. The molecule has 0 spiro atoms. The van der Waals surface area contributed by atoms with Gasteiger partial charge >= 0.3 is 0 Å².